The fraction of sp³-hybridized carbons (Fsp3) is 0.474. The zero-order valence-electron chi connectivity index (χ0n) is 15.9. The van der Waals surface area contributed by atoms with Gasteiger partial charge in [-0.05, 0) is 5.56 Å². The van der Waals surface area contributed by atoms with Crippen molar-refractivity contribution in [1.29, 1.82) is 0 Å². The number of nitrogens with zero attached hydrogens (tertiary/aromatic N) is 4. The third kappa shape index (κ3) is 5.32. The van der Waals surface area contributed by atoms with E-state index in [2.05, 4.69) is 20.2 Å². The summed E-state index contributed by atoms with van der Waals surface area (Å²) in [5.41, 5.74) is -0.00621. The van der Waals surface area contributed by atoms with Crippen molar-refractivity contribution in [3.63, 3.8) is 0 Å². The molecule has 28 heavy (non-hydrogen) atoms. The van der Waals surface area contributed by atoms with Crippen LogP contribution in [0.25, 0.3) is 0 Å². The van der Waals surface area contributed by atoms with E-state index in [1.54, 1.807) is 14.1 Å². The summed E-state index contributed by atoms with van der Waals surface area (Å²) in [7, 11) is 3.29. The minimum absolute atomic E-state index is 0.0411. The molecule has 3 rings (SSSR count). The Balaban J connectivity index is 1.90. The predicted molar refractivity (Wildman–Crippen MR) is 101 cm³/mol. The molecule has 1 N–H and O–H groups in total. The molecule has 9 heteroatoms. The molecule has 1 atom stereocenters. The first-order chi connectivity index (χ1) is 13.3. The van der Waals surface area contributed by atoms with Crippen LogP contribution in [-0.2, 0) is 10.9 Å². The Hall–Kier alpha value is -2.39. The van der Waals surface area contributed by atoms with Crippen LogP contribution in [0.1, 0.15) is 17.3 Å². The van der Waals surface area contributed by atoms with Crippen LogP contribution in [-0.4, -0.2) is 61.8 Å². The molecular formula is C19H24F3N5O. The van der Waals surface area contributed by atoms with Crippen molar-refractivity contribution in [2.45, 2.75) is 12.2 Å². The summed E-state index contributed by atoms with van der Waals surface area (Å²) in [4.78, 5) is 11.7. The number of ether oxygens (including phenoxy) is 1. The maximum atomic E-state index is 13.3. The van der Waals surface area contributed by atoms with Gasteiger partial charge in [0.15, 0.2) is 5.69 Å². The van der Waals surface area contributed by atoms with Crippen molar-refractivity contribution in [3.8, 4) is 0 Å². The van der Waals surface area contributed by atoms with Gasteiger partial charge in [-0.15, -0.1) is 0 Å². The highest BCUT2D eigenvalue weighted by Crippen LogP contribution is 2.31. The molecule has 1 aromatic heterocycles. The van der Waals surface area contributed by atoms with E-state index < -0.39 is 11.9 Å². The van der Waals surface area contributed by atoms with E-state index in [1.807, 2.05) is 30.3 Å². The Morgan fingerprint density at radius 2 is 1.82 bits per heavy atom. The van der Waals surface area contributed by atoms with Crippen molar-refractivity contribution in [1.82, 2.24) is 14.9 Å². The van der Waals surface area contributed by atoms with Gasteiger partial charge in [-0.2, -0.15) is 18.2 Å². The van der Waals surface area contributed by atoms with Crippen LogP contribution in [0.5, 0.6) is 0 Å². The third-order valence-corrected chi connectivity index (χ3v) is 4.51. The lowest BCUT2D eigenvalue weighted by Crippen LogP contribution is -2.40. The Morgan fingerprint density at radius 3 is 2.43 bits per heavy atom. The maximum Gasteiger partial charge on any atom is 0.433 e. The van der Waals surface area contributed by atoms with Crippen LogP contribution < -0.4 is 10.2 Å². The van der Waals surface area contributed by atoms with Gasteiger partial charge >= 0.3 is 6.18 Å². The summed E-state index contributed by atoms with van der Waals surface area (Å²) in [6, 6.07) is 10.3. The number of benzene rings is 1. The molecule has 0 saturated carbocycles. The molecule has 152 valence electrons. The standard InChI is InChI=1S/C19H24F3N5O/c1-26(2)17-12-16(19(20,21)22)24-18(25-17)23-15(14-6-4-3-5-7-14)13-27-8-10-28-11-9-27/h3-7,12,15H,8-11,13H2,1-2H3,(H,23,24,25). The van der Waals surface area contributed by atoms with Crippen LogP contribution in [0.2, 0.25) is 0 Å². The quantitative estimate of drug-likeness (QED) is 0.812. The molecule has 1 aromatic carbocycles. The number of alkyl halides is 3. The molecule has 0 amide bonds. The van der Waals surface area contributed by atoms with Gasteiger partial charge in [-0.1, -0.05) is 30.3 Å². The van der Waals surface area contributed by atoms with Crippen molar-refractivity contribution in [2.24, 2.45) is 0 Å². The average Bonchev–Trinajstić information content (AvgIpc) is 2.68. The Bertz CT molecular complexity index is 764. The van der Waals surface area contributed by atoms with Crippen molar-refractivity contribution >= 4 is 11.8 Å². The van der Waals surface area contributed by atoms with Crippen LogP contribution in [0.15, 0.2) is 36.4 Å². The molecule has 1 aliphatic rings. The number of morpholine rings is 1. The van der Waals surface area contributed by atoms with E-state index in [0.717, 1.165) is 24.7 Å². The molecule has 0 radical (unpaired) electrons. The Morgan fingerprint density at radius 1 is 1.14 bits per heavy atom. The van der Waals surface area contributed by atoms with E-state index in [4.69, 9.17) is 4.74 Å². The molecule has 2 aromatic rings. The summed E-state index contributed by atoms with van der Waals surface area (Å²) < 4.78 is 45.2. The largest absolute Gasteiger partial charge is 0.433 e. The minimum atomic E-state index is -4.55. The molecule has 0 bridgehead atoms. The van der Waals surface area contributed by atoms with E-state index in [-0.39, 0.29) is 17.8 Å². The van der Waals surface area contributed by atoms with Crippen molar-refractivity contribution in [2.75, 3.05) is 57.2 Å². The highest BCUT2D eigenvalue weighted by Gasteiger charge is 2.34. The van der Waals surface area contributed by atoms with Gasteiger partial charge in [0, 0.05) is 39.8 Å². The molecular weight excluding hydrogens is 371 g/mol. The highest BCUT2D eigenvalue weighted by atomic mass is 19.4. The lowest BCUT2D eigenvalue weighted by molar-refractivity contribution is -0.141. The van der Waals surface area contributed by atoms with Gasteiger partial charge in [0.1, 0.15) is 5.82 Å². The van der Waals surface area contributed by atoms with Gasteiger partial charge in [0.05, 0.1) is 19.3 Å². The number of halogens is 3. The van der Waals surface area contributed by atoms with E-state index >= 15 is 0 Å². The minimum Gasteiger partial charge on any atom is -0.379 e. The summed E-state index contributed by atoms with van der Waals surface area (Å²) in [5, 5.41) is 3.12. The van der Waals surface area contributed by atoms with Crippen LogP contribution in [0, 0.1) is 0 Å². The second-order valence-electron chi connectivity index (χ2n) is 6.85. The van der Waals surface area contributed by atoms with Gasteiger partial charge in [-0.3, -0.25) is 4.90 Å². The first kappa shape index (κ1) is 20.3. The predicted octanol–water partition coefficient (Wildman–Crippen LogP) is 3.05. The summed E-state index contributed by atoms with van der Waals surface area (Å²) in [6.07, 6.45) is -4.55. The molecule has 2 heterocycles. The zero-order valence-corrected chi connectivity index (χ0v) is 15.9. The maximum absolute atomic E-state index is 13.3. The van der Waals surface area contributed by atoms with Crippen LogP contribution in [0.4, 0.5) is 24.9 Å². The normalized spacial score (nSPS) is 16.6. The molecule has 0 spiro atoms. The first-order valence-corrected chi connectivity index (χ1v) is 9.08. The molecule has 1 aliphatic heterocycles. The third-order valence-electron chi connectivity index (χ3n) is 4.51. The smallest absolute Gasteiger partial charge is 0.379 e. The topological polar surface area (TPSA) is 53.5 Å². The number of aromatic nitrogens is 2. The second-order valence-corrected chi connectivity index (χ2v) is 6.85. The lowest BCUT2D eigenvalue weighted by Gasteiger charge is -2.31. The molecule has 1 saturated heterocycles. The number of hydrogen-bond acceptors (Lipinski definition) is 6. The average molecular weight is 395 g/mol. The van der Waals surface area contributed by atoms with Crippen LogP contribution in [0.3, 0.4) is 0 Å². The fourth-order valence-electron chi connectivity index (χ4n) is 2.99. The van der Waals surface area contributed by atoms with E-state index in [1.165, 1.54) is 4.90 Å². The van der Waals surface area contributed by atoms with Gasteiger partial charge in [-0.25, -0.2) is 4.98 Å². The second kappa shape index (κ2) is 8.74. The number of hydrogen-bond donors (Lipinski definition) is 1. The first-order valence-electron chi connectivity index (χ1n) is 9.08. The molecule has 1 unspecified atom stereocenters. The molecule has 0 aliphatic carbocycles. The molecule has 1 fully saturated rings. The molecule has 6 nitrogen and oxygen atoms in total. The monoisotopic (exact) mass is 395 g/mol. The summed E-state index contributed by atoms with van der Waals surface area (Å²) in [6.45, 7) is 3.46. The lowest BCUT2D eigenvalue weighted by atomic mass is 10.1. The highest BCUT2D eigenvalue weighted by molar-refractivity contribution is 5.45. The Labute approximate surface area is 162 Å². The Kier molecular flexibility index (Phi) is 6.35. The van der Waals surface area contributed by atoms with Crippen molar-refractivity contribution in [3.05, 3.63) is 47.7 Å². The number of anilines is 2. The fourth-order valence-corrected chi connectivity index (χ4v) is 2.99. The van der Waals surface area contributed by atoms with Crippen molar-refractivity contribution < 1.29 is 17.9 Å². The summed E-state index contributed by atoms with van der Waals surface area (Å²) >= 11 is 0. The van der Waals surface area contributed by atoms with E-state index in [9.17, 15) is 13.2 Å². The SMILES string of the molecule is CN(C)c1cc(C(F)(F)F)nc(NC(CN2CCOCC2)c2ccccc2)n1. The van der Waals surface area contributed by atoms with Gasteiger partial charge in [0.2, 0.25) is 5.95 Å². The number of nitrogens with one attached hydrogen (secondary N) is 1. The summed E-state index contributed by atoms with van der Waals surface area (Å²) in [5.74, 6) is 0.156. The van der Waals surface area contributed by atoms with Crippen LogP contribution >= 0.6 is 0 Å². The number of rotatable bonds is 6. The zero-order chi connectivity index (χ0) is 20.1. The van der Waals surface area contributed by atoms with Gasteiger partial charge < -0.3 is 15.0 Å². The van der Waals surface area contributed by atoms with Gasteiger partial charge in [0.25, 0.3) is 0 Å². The van der Waals surface area contributed by atoms with E-state index in [0.29, 0.717) is 19.8 Å².